The molecule has 7 heteroatoms. The predicted octanol–water partition coefficient (Wildman–Crippen LogP) is 2.69. The van der Waals surface area contributed by atoms with Gasteiger partial charge in [0.2, 0.25) is 5.91 Å². The summed E-state index contributed by atoms with van der Waals surface area (Å²) in [5.41, 5.74) is -0.642. The fourth-order valence-corrected chi connectivity index (χ4v) is 3.12. The van der Waals surface area contributed by atoms with Crippen LogP contribution in [0.25, 0.3) is 0 Å². The Morgan fingerprint density at radius 3 is 2.04 bits per heavy atom. The predicted molar refractivity (Wildman–Crippen MR) is 94.1 cm³/mol. The van der Waals surface area contributed by atoms with E-state index in [9.17, 15) is 19.5 Å². The first-order valence-corrected chi connectivity index (χ1v) is 9.02. The van der Waals surface area contributed by atoms with Crippen LogP contribution in [-0.2, 0) is 14.3 Å². The Bertz CT molecular complexity index is 478. The van der Waals surface area contributed by atoms with Gasteiger partial charge in [-0.05, 0) is 38.0 Å². The van der Waals surface area contributed by atoms with Crippen LogP contribution in [0.1, 0.15) is 66.7 Å². The topological polar surface area (TPSA) is 105 Å². The van der Waals surface area contributed by atoms with E-state index in [0.717, 1.165) is 32.1 Å². The zero-order valence-corrected chi connectivity index (χ0v) is 15.9. The number of carbonyl (C=O) groups excluding carboxylic acids is 2. The third-order valence-corrected chi connectivity index (χ3v) is 4.42. The van der Waals surface area contributed by atoms with Gasteiger partial charge in [0.05, 0.1) is 6.10 Å². The van der Waals surface area contributed by atoms with Gasteiger partial charge in [0.15, 0.2) is 0 Å². The highest BCUT2D eigenvalue weighted by Gasteiger charge is 2.37. The number of aliphatic carboxylic acids is 1. The van der Waals surface area contributed by atoms with E-state index in [-0.39, 0.29) is 12.0 Å². The molecule has 3 N–H and O–H groups in total. The molecule has 1 saturated carbocycles. The Kier molecular flexibility index (Phi) is 7.70. The van der Waals surface area contributed by atoms with Crippen molar-refractivity contribution in [2.45, 2.75) is 84.9 Å². The van der Waals surface area contributed by atoms with Crippen molar-refractivity contribution in [3.05, 3.63) is 0 Å². The van der Waals surface area contributed by atoms with Crippen molar-refractivity contribution in [1.29, 1.82) is 0 Å². The third kappa shape index (κ3) is 6.92. The molecule has 2 amide bonds. The SMILES string of the molecule is CC(C)OC(=O)NC(C(=O)NC(C(=O)O)C(C)(C)C)C1CCCCC1. The average molecular weight is 356 g/mol. The number of nitrogens with one attached hydrogen (secondary N) is 2. The first-order valence-electron chi connectivity index (χ1n) is 9.02. The highest BCUT2D eigenvalue weighted by Crippen LogP contribution is 2.27. The van der Waals surface area contributed by atoms with Crippen molar-refractivity contribution in [2.24, 2.45) is 11.3 Å². The molecule has 0 aromatic heterocycles. The monoisotopic (exact) mass is 356 g/mol. The molecule has 2 unspecified atom stereocenters. The van der Waals surface area contributed by atoms with Gasteiger partial charge in [0, 0.05) is 0 Å². The van der Waals surface area contributed by atoms with E-state index in [2.05, 4.69) is 10.6 Å². The summed E-state index contributed by atoms with van der Waals surface area (Å²) in [5.74, 6) is -1.56. The number of rotatable bonds is 6. The third-order valence-electron chi connectivity index (χ3n) is 4.42. The fraction of sp³-hybridized carbons (Fsp3) is 0.833. The molecule has 2 atom stereocenters. The second kappa shape index (κ2) is 9.06. The molecule has 144 valence electrons. The van der Waals surface area contributed by atoms with Gasteiger partial charge in [0.25, 0.3) is 0 Å². The summed E-state index contributed by atoms with van der Waals surface area (Å²) in [6.07, 6.45) is 3.81. The lowest BCUT2D eigenvalue weighted by Crippen LogP contribution is -2.57. The summed E-state index contributed by atoms with van der Waals surface area (Å²) in [7, 11) is 0. The van der Waals surface area contributed by atoms with Crippen LogP contribution >= 0.6 is 0 Å². The van der Waals surface area contributed by atoms with Crippen LogP contribution in [0.4, 0.5) is 4.79 Å². The van der Waals surface area contributed by atoms with Crippen molar-refractivity contribution in [1.82, 2.24) is 10.6 Å². The molecule has 0 aromatic rings. The Morgan fingerprint density at radius 1 is 1.04 bits per heavy atom. The maximum Gasteiger partial charge on any atom is 0.408 e. The number of amides is 2. The van der Waals surface area contributed by atoms with E-state index in [0.29, 0.717) is 0 Å². The van der Waals surface area contributed by atoms with Crippen LogP contribution in [0.5, 0.6) is 0 Å². The summed E-state index contributed by atoms with van der Waals surface area (Å²) in [4.78, 5) is 36.3. The molecule has 1 aliphatic rings. The summed E-state index contributed by atoms with van der Waals surface area (Å²) >= 11 is 0. The van der Waals surface area contributed by atoms with Gasteiger partial charge in [-0.3, -0.25) is 4.79 Å². The number of carboxylic acids is 1. The first-order chi connectivity index (χ1) is 11.5. The van der Waals surface area contributed by atoms with Crippen molar-refractivity contribution in [3.63, 3.8) is 0 Å². The summed E-state index contributed by atoms with van der Waals surface area (Å²) in [6, 6.07) is -1.82. The van der Waals surface area contributed by atoms with E-state index in [1.54, 1.807) is 34.6 Å². The number of hydrogen-bond donors (Lipinski definition) is 3. The van der Waals surface area contributed by atoms with Crippen molar-refractivity contribution in [2.75, 3.05) is 0 Å². The summed E-state index contributed by atoms with van der Waals surface area (Å²) < 4.78 is 5.10. The zero-order chi connectivity index (χ0) is 19.2. The quantitative estimate of drug-likeness (QED) is 0.679. The molecule has 0 radical (unpaired) electrons. The lowest BCUT2D eigenvalue weighted by atomic mass is 9.82. The molecule has 0 aromatic carbocycles. The van der Waals surface area contributed by atoms with Crippen LogP contribution in [0.15, 0.2) is 0 Å². The molecule has 0 spiro atoms. The summed E-state index contributed by atoms with van der Waals surface area (Å²) in [5, 5.41) is 14.7. The average Bonchev–Trinajstić information content (AvgIpc) is 2.48. The minimum absolute atomic E-state index is 0.0112. The molecular formula is C18H32N2O5. The normalized spacial score (nSPS) is 18.3. The van der Waals surface area contributed by atoms with Crippen LogP contribution in [0, 0.1) is 11.3 Å². The van der Waals surface area contributed by atoms with E-state index < -0.39 is 35.5 Å². The van der Waals surface area contributed by atoms with Crippen LogP contribution < -0.4 is 10.6 Å². The second-order valence-corrected chi connectivity index (χ2v) is 8.12. The number of ether oxygens (including phenoxy) is 1. The van der Waals surface area contributed by atoms with E-state index >= 15 is 0 Å². The lowest BCUT2D eigenvalue weighted by molar-refractivity contribution is -0.145. The van der Waals surface area contributed by atoms with Gasteiger partial charge in [-0.15, -0.1) is 0 Å². The van der Waals surface area contributed by atoms with Gasteiger partial charge in [-0.2, -0.15) is 0 Å². The number of carboxylic acid groups (broad SMARTS) is 1. The molecule has 7 nitrogen and oxygen atoms in total. The van der Waals surface area contributed by atoms with E-state index in [1.807, 2.05) is 0 Å². The Balaban J connectivity index is 2.90. The highest BCUT2D eigenvalue weighted by atomic mass is 16.6. The zero-order valence-electron chi connectivity index (χ0n) is 15.9. The highest BCUT2D eigenvalue weighted by molar-refractivity contribution is 5.89. The fourth-order valence-electron chi connectivity index (χ4n) is 3.12. The Hall–Kier alpha value is -1.79. The van der Waals surface area contributed by atoms with Crippen molar-refractivity contribution < 1.29 is 24.2 Å². The molecule has 0 aliphatic heterocycles. The number of hydrogen-bond acceptors (Lipinski definition) is 4. The Morgan fingerprint density at radius 2 is 1.60 bits per heavy atom. The smallest absolute Gasteiger partial charge is 0.408 e. The minimum atomic E-state index is -1.09. The van der Waals surface area contributed by atoms with E-state index in [1.165, 1.54) is 0 Å². The van der Waals surface area contributed by atoms with Crippen LogP contribution in [0.2, 0.25) is 0 Å². The summed E-state index contributed by atoms with van der Waals surface area (Å²) in [6.45, 7) is 8.72. The maximum absolute atomic E-state index is 12.8. The standard InChI is InChI=1S/C18H32N2O5/c1-11(2)25-17(24)19-13(12-9-7-6-8-10-12)15(21)20-14(16(22)23)18(3,4)5/h11-14H,6-10H2,1-5H3,(H,19,24)(H,20,21)(H,22,23). The lowest BCUT2D eigenvalue weighted by Gasteiger charge is -2.33. The van der Waals surface area contributed by atoms with Crippen LogP contribution in [0.3, 0.4) is 0 Å². The van der Waals surface area contributed by atoms with Gasteiger partial charge >= 0.3 is 12.1 Å². The molecule has 0 heterocycles. The number of carbonyl (C=O) groups is 3. The van der Waals surface area contributed by atoms with Gasteiger partial charge in [-0.1, -0.05) is 40.0 Å². The molecule has 0 bridgehead atoms. The van der Waals surface area contributed by atoms with Crippen molar-refractivity contribution >= 4 is 18.0 Å². The number of alkyl carbamates (subject to hydrolysis) is 1. The van der Waals surface area contributed by atoms with Crippen LogP contribution in [-0.4, -0.2) is 41.3 Å². The maximum atomic E-state index is 12.8. The minimum Gasteiger partial charge on any atom is -0.480 e. The molecular weight excluding hydrogens is 324 g/mol. The molecule has 0 saturated heterocycles. The van der Waals surface area contributed by atoms with E-state index in [4.69, 9.17) is 4.74 Å². The first kappa shape index (κ1) is 21.3. The largest absolute Gasteiger partial charge is 0.480 e. The van der Waals surface area contributed by atoms with Crippen molar-refractivity contribution in [3.8, 4) is 0 Å². The van der Waals surface area contributed by atoms with Gasteiger partial charge < -0.3 is 20.5 Å². The molecule has 25 heavy (non-hydrogen) atoms. The Labute approximate surface area is 149 Å². The molecule has 1 aliphatic carbocycles. The molecule has 1 rings (SSSR count). The molecule has 1 fully saturated rings. The second-order valence-electron chi connectivity index (χ2n) is 8.12. The van der Waals surface area contributed by atoms with Gasteiger partial charge in [-0.25, -0.2) is 9.59 Å². The van der Waals surface area contributed by atoms with Gasteiger partial charge in [0.1, 0.15) is 12.1 Å².